The highest BCUT2D eigenvalue weighted by Crippen LogP contribution is 2.14. The van der Waals surface area contributed by atoms with Crippen LogP contribution < -0.4 is 10.9 Å². The predicted molar refractivity (Wildman–Crippen MR) is 66.5 cm³/mol. The Labute approximate surface area is 104 Å². The van der Waals surface area contributed by atoms with E-state index < -0.39 is 0 Å². The van der Waals surface area contributed by atoms with E-state index in [2.05, 4.69) is 17.4 Å². The zero-order valence-corrected chi connectivity index (χ0v) is 9.51. The second kappa shape index (κ2) is 5.09. The first-order chi connectivity index (χ1) is 8.66. The van der Waals surface area contributed by atoms with E-state index >= 15 is 0 Å². The van der Waals surface area contributed by atoms with Gasteiger partial charge in [0, 0.05) is 0 Å². The number of furan rings is 1. The first-order valence-corrected chi connectivity index (χ1v) is 5.25. The SMILES string of the molecule is C=C(NNC(=O)c1ccco1)c1ccc(O)cc1. The van der Waals surface area contributed by atoms with Crippen LogP contribution in [-0.4, -0.2) is 11.0 Å². The molecule has 5 heteroatoms. The highest BCUT2D eigenvalue weighted by molar-refractivity contribution is 5.91. The van der Waals surface area contributed by atoms with E-state index in [1.165, 1.54) is 18.4 Å². The van der Waals surface area contributed by atoms with Crippen LogP contribution in [0.3, 0.4) is 0 Å². The first kappa shape index (κ1) is 11.8. The minimum atomic E-state index is -0.389. The molecule has 92 valence electrons. The Morgan fingerprint density at radius 3 is 2.50 bits per heavy atom. The van der Waals surface area contributed by atoms with Crippen molar-refractivity contribution in [2.24, 2.45) is 0 Å². The van der Waals surface area contributed by atoms with Crippen molar-refractivity contribution in [3.63, 3.8) is 0 Å². The highest BCUT2D eigenvalue weighted by Gasteiger charge is 2.07. The van der Waals surface area contributed by atoms with Crippen molar-refractivity contribution < 1.29 is 14.3 Å². The lowest BCUT2D eigenvalue weighted by atomic mass is 10.2. The number of nitrogens with one attached hydrogen (secondary N) is 2. The minimum absolute atomic E-state index is 0.172. The molecule has 3 N–H and O–H groups in total. The smallest absolute Gasteiger partial charge is 0.305 e. The summed E-state index contributed by atoms with van der Waals surface area (Å²) in [5, 5.41) is 9.15. The van der Waals surface area contributed by atoms with E-state index in [0.29, 0.717) is 5.70 Å². The number of rotatable bonds is 4. The molecule has 1 aromatic heterocycles. The summed E-state index contributed by atoms with van der Waals surface area (Å²) in [6.07, 6.45) is 1.42. The maximum atomic E-state index is 11.5. The van der Waals surface area contributed by atoms with Crippen molar-refractivity contribution in [1.29, 1.82) is 0 Å². The molecule has 0 bridgehead atoms. The summed E-state index contributed by atoms with van der Waals surface area (Å²) in [5.74, 6) is -0.00731. The van der Waals surface area contributed by atoms with Gasteiger partial charge in [-0.25, -0.2) is 0 Å². The van der Waals surface area contributed by atoms with E-state index in [9.17, 15) is 4.79 Å². The number of aromatic hydroxyl groups is 1. The van der Waals surface area contributed by atoms with Gasteiger partial charge in [0.2, 0.25) is 0 Å². The normalized spacial score (nSPS) is 9.78. The summed E-state index contributed by atoms with van der Waals surface area (Å²) in [5.41, 5.74) is 6.39. The quantitative estimate of drug-likeness (QED) is 0.718. The van der Waals surface area contributed by atoms with Crippen LogP contribution in [0, 0.1) is 0 Å². The van der Waals surface area contributed by atoms with Crippen LogP contribution in [0.2, 0.25) is 0 Å². The fraction of sp³-hybridized carbons (Fsp3) is 0. The molecular weight excluding hydrogens is 232 g/mol. The summed E-state index contributed by atoms with van der Waals surface area (Å²) in [6, 6.07) is 9.63. The monoisotopic (exact) mass is 244 g/mol. The van der Waals surface area contributed by atoms with Crippen molar-refractivity contribution in [2.75, 3.05) is 0 Å². The summed E-state index contributed by atoms with van der Waals surface area (Å²) < 4.78 is 4.93. The molecule has 0 fully saturated rings. The Hall–Kier alpha value is -2.69. The Morgan fingerprint density at radius 1 is 1.17 bits per heavy atom. The van der Waals surface area contributed by atoms with Crippen molar-refractivity contribution in [3.05, 3.63) is 60.6 Å². The molecule has 0 atom stereocenters. The molecule has 0 aliphatic heterocycles. The van der Waals surface area contributed by atoms with Crippen LogP contribution in [-0.2, 0) is 0 Å². The second-order valence-corrected chi connectivity index (χ2v) is 3.58. The van der Waals surface area contributed by atoms with E-state index in [4.69, 9.17) is 9.52 Å². The van der Waals surface area contributed by atoms with Gasteiger partial charge in [-0.3, -0.25) is 15.6 Å². The molecule has 0 saturated heterocycles. The van der Waals surface area contributed by atoms with Gasteiger partial charge in [0.25, 0.3) is 0 Å². The molecule has 2 rings (SSSR count). The van der Waals surface area contributed by atoms with Gasteiger partial charge in [-0.15, -0.1) is 0 Å². The lowest BCUT2D eigenvalue weighted by Crippen LogP contribution is -2.35. The van der Waals surface area contributed by atoms with Gasteiger partial charge in [0.1, 0.15) is 5.75 Å². The molecule has 2 aromatic rings. The second-order valence-electron chi connectivity index (χ2n) is 3.58. The number of benzene rings is 1. The van der Waals surface area contributed by atoms with E-state index in [1.54, 1.807) is 24.3 Å². The van der Waals surface area contributed by atoms with Crippen LogP contribution >= 0.6 is 0 Å². The van der Waals surface area contributed by atoms with Crippen molar-refractivity contribution >= 4 is 11.6 Å². The third-order valence-corrected chi connectivity index (χ3v) is 2.29. The number of hydrogen-bond acceptors (Lipinski definition) is 4. The average molecular weight is 244 g/mol. The molecule has 0 unspecified atom stereocenters. The number of phenolic OH excluding ortho intramolecular Hbond substituents is 1. The number of carbonyl (C=O) groups is 1. The molecule has 0 saturated carbocycles. The lowest BCUT2D eigenvalue weighted by molar-refractivity contribution is 0.0914. The Kier molecular flexibility index (Phi) is 3.33. The molecule has 0 aliphatic carbocycles. The molecule has 0 aliphatic rings. The topological polar surface area (TPSA) is 74.5 Å². The number of phenols is 1. The molecule has 1 amide bonds. The summed E-state index contributed by atoms with van der Waals surface area (Å²) in [4.78, 5) is 11.5. The van der Waals surface area contributed by atoms with Crippen LogP contribution in [0.5, 0.6) is 5.75 Å². The Morgan fingerprint density at radius 2 is 1.89 bits per heavy atom. The van der Waals surface area contributed by atoms with Gasteiger partial charge in [0.05, 0.1) is 12.0 Å². The van der Waals surface area contributed by atoms with Gasteiger partial charge in [0.15, 0.2) is 5.76 Å². The van der Waals surface area contributed by atoms with Crippen LogP contribution in [0.25, 0.3) is 5.70 Å². The van der Waals surface area contributed by atoms with E-state index in [1.807, 2.05) is 0 Å². The third kappa shape index (κ3) is 2.70. The lowest BCUT2D eigenvalue weighted by Gasteiger charge is -2.10. The molecule has 1 heterocycles. The van der Waals surface area contributed by atoms with E-state index in [-0.39, 0.29) is 17.4 Å². The van der Waals surface area contributed by atoms with Gasteiger partial charge in [-0.2, -0.15) is 0 Å². The van der Waals surface area contributed by atoms with Crippen LogP contribution in [0.4, 0.5) is 0 Å². The van der Waals surface area contributed by atoms with Gasteiger partial charge in [-0.05, 0) is 42.0 Å². The van der Waals surface area contributed by atoms with Crippen molar-refractivity contribution in [2.45, 2.75) is 0 Å². The summed E-state index contributed by atoms with van der Waals surface area (Å²) >= 11 is 0. The number of hydrogen-bond donors (Lipinski definition) is 3. The minimum Gasteiger partial charge on any atom is -0.508 e. The highest BCUT2D eigenvalue weighted by atomic mass is 16.3. The average Bonchev–Trinajstić information content (AvgIpc) is 2.90. The van der Waals surface area contributed by atoms with Crippen molar-refractivity contribution in [1.82, 2.24) is 10.9 Å². The molecule has 0 spiro atoms. The Bertz CT molecular complexity index is 544. The number of hydrazine groups is 1. The predicted octanol–water partition coefficient (Wildman–Crippen LogP) is 1.89. The van der Waals surface area contributed by atoms with E-state index in [0.717, 1.165) is 5.56 Å². The zero-order valence-electron chi connectivity index (χ0n) is 9.51. The number of carbonyl (C=O) groups excluding carboxylic acids is 1. The number of amides is 1. The maximum absolute atomic E-state index is 11.5. The van der Waals surface area contributed by atoms with Gasteiger partial charge < -0.3 is 9.52 Å². The van der Waals surface area contributed by atoms with Crippen LogP contribution in [0.1, 0.15) is 16.1 Å². The maximum Gasteiger partial charge on any atom is 0.305 e. The molecule has 0 radical (unpaired) electrons. The van der Waals surface area contributed by atoms with Gasteiger partial charge >= 0.3 is 5.91 Å². The standard InChI is InChI=1S/C13H12N2O3/c1-9(10-4-6-11(16)7-5-10)14-15-13(17)12-3-2-8-18-12/h2-8,14,16H,1H2,(H,15,17). The Balaban J connectivity index is 1.92. The molecule has 5 nitrogen and oxygen atoms in total. The molecule has 18 heavy (non-hydrogen) atoms. The summed E-state index contributed by atoms with van der Waals surface area (Å²) in [7, 11) is 0. The summed E-state index contributed by atoms with van der Waals surface area (Å²) in [6.45, 7) is 3.77. The fourth-order valence-corrected chi connectivity index (χ4v) is 1.34. The molecule has 1 aromatic carbocycles. The third-order valence-electron chi connectivity index (χ3n) is 2.29. The van der Waals surface area contributed by atoms with Crippen LogP contribution in [0.15, 0.2) is 53.7 Å². The molecular formula is C13H12N2O3. The van der Waals surface area contributed by atoms with Gasteiger partial charge in [-0.1, -0.05) is 6.58 Å². The first-order valence-electron chi connectivity index (χ1n) is 5.25. The largest absolute Gasteiger partial charge is 0.508 e. The zero-order chi connectivity index (χ0) is 13.0. The van der Waals surface area contributed by atoms with Crippen molar-refractivity contribution in [3.8, 4) is 5.75 Å². The fourth-order valence-electron chi connectivity index (χ4n) is 1.34.